The third kappa shape index (κ3) is 3.03. The predicted molar refractivity (Wildman–Crippen MR) is 74.2 cm³/mol. The molecular weight excluding hydrogens is 294 g/mol. The summed E-state index contributed by atoms with van der Waals surface area (Å²) in [6.07, 6.45) is 0. The van der Waals surface area contributed by atoms with Crippen molar-refractivity contribution in [3.05, 3.63) is 52.9 Å². The molecule has 0 aliphatic rings. The van der Waals surface area contributed by atoms with Crippen molar-refractivity contribution in [2.45, 2.75) is 10.3 Å². The zero-order valence-electron chi connectivity index (χ0n) is 10.1. The number of nitrogens with one attached hydrogen (secondary N) is 1. The van der Waals surface area contributed by atoms with E-state index in [1.807, 2.05) is 12.1 Å². The Morgan fingerprint density at radius 2 is 1.80 bits per heavy atom. The van der Waals surface area contributed by atoms with E-state index in [4.69, 9.17) is 10.5 Å². The molecule has 5 nitrogen and oxygen atoms in total. The van der Waals surface area contributed by atoms with Crippen LogP contribution in [0.1, 0.15) is 16.5 Å². The molecule has 1 aromatic heterocycles. The fourth-order valence-corrected chi connectivity index (χ4v) is 3.80. The molecular formula is C13H9N3O2S2. The first-order valence-corrected chi connectivity index (χ1v) is 7.83. The normalized spacial score (nSPS) is 12.3. The first-order valence-electron chi connectivity index (χ1n) is 5.53. The summed E-state index contributed by atoms with van der Waals surface area (Å²) in [4.78, 5) is 0.304. The third-order valence-electron chi connectivity index (χ3n) is 2.49. The Bertz CT molecular complexity index is 783. The van der Waals surface area contributed by atoms with Crippen LogP contribution in [-0.2, 0) is 10.0 Å². The Morgan fingerprint density at radius 3 is 2.35 bits per heavy atom. The van der Waals surface area contributed by atoms with Crippen LogP contribution < -0.4 is 4.72 Å². The topological polar surface area (TPSA) is 93.8 Å². The van der Waals surface area contributed by atoms with Crippen molar-refractivity contribution in [1.29, 1.82) is 10.5 Å². The summed E-state index contributed by atoms with van der Waals surface area (Å²) in [5.41, 5.74) is 0.565. The minimum Gasteiger partial charge on any atom is -0.206 e. The van der Waals surface area contributed by atoms with E-state index in [1.165, 1.54) is 12.1 Å². The fourth-order valence-electron chi connectivity index (χ4n) is 1.55. The second kappa shape index (κ2) is 5.85. The van der Waals surface area contributed by atoms with Crippen LogP contribution in [0.4, 0.5) is 0 Å². The van der Waals surface area contributed by atoms with E-state index in [-0.39, 0.29) is 4.21 Å². The lowest BCUT2D eigenvalue weighted by Crippen LogP contribution is -2.27. The van der Waals surface area contributed by atoms with E-state index in [0.29, 0.717) is 10.4 Å². The molecule has 100 valence electrons. The summed E-state index contributed by atoms with van der Waals surface area (Å²) in [7, 11) is -3.81. The maximum Gasteiger partial charge on any atom is 0.251 e. The van der Waals surface area contributed by atoms with E-state index in [0.717, 1.165) is 11.3 Å². The molecule has 0 fully saturated rings. The fraction of sp³-hybridized carbons (Fsp3) is 0.0769. The van der Waals surface area contributed by atoms with Crippen molar-refractivity contribution in [1.82, 2.24) is 4.72 Å². The summed E-state index contributed by atoms with van der Waals surface area (Å²) < 4.78 is 26.6. The number of rotatable bonds is 4. The number of hydrogen-bond donors (Lipinski definition) is 1. The third-order valence-corrected chi connectivity index (χ3v) is 5.40. The molecule has 0 saturated heterocycles. The molecule has 7 heteroatoms. The van der Waals surface area contributed by atoms with E-state index in [1.54, 1.807) is 30.3 Å². The molecule has 2 aromatic rings. The zero-order chi connectivity index (χ0) is 14.6. The van der Waals surface area contributed by atoms with Crippen LogP contribution in [0.5, 0.6) is 0 Å². The second-order valence-electron chi connectivity index (χ2n) is 3.82. The van der Waals surface area contributed by atoms with E-state index in [2.05, 4.69) is 4.72 Å². The van der Waals surface area contributed by atoms with Crippen molar-refractivity contribution in [2.24, 2.45) is 0 Å². The molecule has 0 amide bonds. The number of nitriles is 2. The van der Waals surface area contributed by atoms with Gasteiger partial charge in [-0.1, -0.05) is 30.3 Å². The molecule has 1 atom stereocenters. The summed E-state index contributed by atoms with van der Waals surface area (Å²) in [6.45, 7) is 0. The molecule has 20 heavy (non-hydrogen) atoms. The van der Waals surface area contributed by atoms with Crippen LogP contribution in [0.2, 0.25) is 0 Å². The van der Waals surface area contributed by atoms with Crippen molar-refractivity contribution in [2.75, 3.05) is 0 Å². The molecule has 1 aromatic carbocycles. The average molecular weight is 303 g/mol. The first kappa shape index (κ1) is 14.2. The summed E-state index contributed by atoms with van der Waals surface area (Å²) in [5, 5.41) is 17.8. The Labute approximate surface area is 120 Å². The highest BCUT2D eigenvalue weighted by Gasteiger charge is 2.22. The maximum atomic E-state index is 12.1. The van der Waals surface area contributed by atoms with Crippen LogP contribution in [0, 0.1) is 22.7 Å². The SMILES string of the molecule is N#Cc1ccc(S(=O)(=O)NC(C#N)c2ccccc2)s1. The van der Waals surface area contributed by atoms with Crippen LogP contribution >= 0.6 is 11.3 Å². The maximum absolute atomic E-state index is 12.1. The van der Waals surface area contributed by atoms with Gasteiger partial charge in [0.05, 0.1) is 6.07 Å². The van der Waals surface area contributed by atoms with Crippen LogP contribution in [-0.4, -0.2) is 8.42 Å². The highest BCUT2D eigenvalue weighted by atomic mass is 32.2. The van der Waals surface area contributed by atoms with Gasteiger partial charge in [0.15, 0.2) is 0 Å². The van der Waals surface area contributed by atoms with Gasteiger partial charge < -0.3 is 0 Å². The lowest BCUT2D eigenvalue weighted by molar-refractivity contribution is 0.577. The van der Waals surface area contributed by atoms with Gasteiger partial charge in [0.2, 0.25) is 0 Å². The lowest BCUT2D eigenvalue weighted by atomic mass is 10.1. The molecule has 0 radical (unpaired) electrons. The Morgan fingerprint density at radius 1 is 1.10 bits per heavy atom. The van der Waals surface area contributed by atoms with Gasteiger partial charge in [0, 0.05) is 0 Å². The van der Waals surface area contributed by atoms with Gasteiger partial charge in [-0.05, 0) is 17.7 Å². The molecule has 0 bridgehead atoms. The number of sulfonamides is 1. The largest absolute Gasteiger partial charge is 0.251 e. The smallest absolute Gasteiger partial charge is 0.206 e. The van der Waals surface area contributed by atoms with Crippen molar-refractivity contribution in [3.8, 4) is 12.1 Å². The predicted octanol–water partition coefficient (Wildman–Crippen LogP) is 2.16. The molecule has 0 aliphatic heterocycles. The van der Waals surface area contributed by atoms with E-state index in [9.17, 15) is 8.42 Å². The van der Waals surface area contributed by atoms with Gasteiger partial charge in [-0.25, -0.2) is 8.42 Å². The highest BCUT2D eigenvalue weighted by molar-refractivity contribution is 7.91. The van der Waals surface area contributed by atoms with Gasteiger partial charge in [-0.2, -0.15) is 15.2 Å². The van der Waals surface area contributed by atoms with Crippen LogP contribution in [0.15, 0.2) is 46.7 Å². The van der Waals surface area contributed by atoms with Gasteiger partial charge in [0.25, 0.3) is 10.0 Å². The Balaban J connectivity index is 2.28. The van der Waals surface area contributed by atoms with Gasteiger partial charge >= 0.3 is 0 Å². The number of hydrogen-bond acceptors (Lipinski definition) is 5. The molecule has 1 heterocycles. The average Bonchev–Trinajstić information content (AvgIpc) is 2.95. The molecule has 0 saturated carbocycles. The van der Waals surface area contributed by atoms with Crippen molar-refractivity contribution < 1.29 is 8.42 Å². The minimum atomic E-state index is -3.81. The monoisotopic (exact) mass is 303 g/mol. The van der Waals surface area contributed by atoms with Crippen LogP contribution in [0.25, 0.3) is 0 Å². The Kier molecular flexibility index (Phi) is 4.16. The van der Waals surface area contributed by atoms with Gasteiger partial charge in [-0.3, -0.25) is 0 Å². The number of benzene rings is 1. The lowest BCUT2D eigenvalue weighted by Gasteiger charge is -2.11. The Hall–Kier alpha value is -2.19. The van der Waals surface area contributed by atoms with E-state index < -0.39 is 16.1 Å². The molecule has 2 rings (SSSR count). The number of thiophene rings is 1. The first-order chi connectivity index (χ1) is 9.56. The van der Waals surface area contributed by atoms with Crippen molar-refractivity contribution >= 4 is 21.4 Å². The molecule has 1 unspecified atom stereocenters. The van der Waals surface area contributed by atoms with Crippen molar-refractivity contribution in [3.63, 3.8) is 0 Å². The zero-order valence-corrected chi connectivity index (χ0v) is 11.8. The number of nitrogens with zero attached hydrogens (tertiary/aromatic N) is 2. The van der Waals surface area contributed by atoms with Crippen LogP contribution in [0.3, 0.4) is 0 Å². The minimum absolute atomic E-state index is 0.0187. The summed E-state index contributed by atoms with van der Waals surface area (Å²) in [5.74, 6) is 0. The molecule has 1 N–H and O–H groups in total. The summed E-state index contributed by atoms with van der Waals surface area (Å²) in [6, 6.07) is 14.2. The highest BCUT2D eigenvalue weighted by Crippen LogP contribution is 2.23. The molecule has 0 spiro atoms. The quantitative estimate of drug-likeness (QED) is 0.936. The van der Waals surface area contributed by atoms with E-state index >= 15 is 0 Å². The second-order valence-corrected chi connectivity index (χ2v) is 6.85. The molecule has 0 aliphatic carbocycles. The van der Waals surface area contributed by atoms with Gasteiger partial charge in [-0.15, -0.1) is 11.3 Å². The standard InChI is InChI=1S/C13H9N3O2S2/c14-8-11-6-7-13(19-11)20(17,18)16-12(9-15)10-4-2-1-3-5-10/h1-7,12,16H. The van der Waals surface area contributed by atoms with Gasteiger partial charge in [0.1, 0.15) is 21.2 Å². The summed E-state index contributed by atoms with van der Waals surface area (Å²) >= 11 is 0.866.